The quantitative estimate of drug-likeness (QED) is 0.378. The van der Waals surface area contributed by atoms with Crippen LogP contribution in [0.4, 0.5) is 4.79 Å². The van der Waals surface area contributed by atoms with E-state index in [1.54, 1.807) is 0 Å². The molecule has 0 saturated heterocycles. The van der Waals surface area contributed by atoms with E-state index in [-0.39, 0.29) is 0 Å². The molecule has 5 N–H and O–H groups in total. The molecule has 6 heteroatoms. The van der Waals surface area contributed by atoms with Crippen LogP contribution < -0.4 is 16.8 Å². The van der Waals surface area contributed by atoms with E-state index in [4.69, 9.17) is 11.5 Å². The minimum Gasteiger partial charge on any atom is -0.468 e. The SMILES string of the molecule is COC(=O)C(N)CCCNC(N)=O. The largest absolute Gasteiger partial charge is 0.468 e. The topological polar surface area (TPSA) is 107 Å². The minimum atomic E-state index is -0.625. The Morgan fingerprint density at radius 2 is 2.15 bits per heavy atom. The van der Waals surface area contributed by atoms with Crippen LogP contribution in [0.1, 0.15) is 12.8 Å². The van der Waals surface area contributed by atoms with Crippen LogP contribution in [-0.4, -0.2) is 31.7 Å². The highest BCUT2D eigenvalue weighted by Gasteiger charge is 2.12. The summed E-state index contributed by atoms with van der Waals surface area (Å²) in [6.45, 7) is 0.417. The molecule has 13 heavy (non-hydrogen) atoms. The van der Waals surface area contributed by atoms with Crippen molar-refractivity contribution in [3.05, 3.63) is 0 Å². The Hall–Kier alpha value is -1.30. The van der Waals surface area contributed by atoms with Gasteiger partial charge in [-0.1, -0.05) is 0 Å². The average Bonchev–Trinajstić information content (AvgIpc) is 2.10. The lowest BCUT2D eigenvalue weighted by atomic mass is 10.2. The summed E-state index contributed by atoms with van der Waals surface area (Å²) < 4.78 is 4.41. The lowest BCUT2D eigenvalue weighted by molar-refractivity contribution is -0.142. The number of methoxy groups -OCH3 is 1. The van der Waals surface area contributed by atoms with Gasteiger partial charge in [0.1, 0.15) is 6.04 Å². The molecule has 0 heterocycles. The number of primary amides is 1. The van der Waals surface area contributed by atoms with E-state index in [0.717, 1.165) is 0 Å². The Morgan fingerprint density at radius 3 is 2.62 bits per heavy atom. The van der Waals surface area contributed by atoms with Crippen LogP contribution >= 0.6 is 0 Å². The number of ether oxygens (including phenoxy) is 1. The monoisotopic (exact) mass is 189 g/mol. The molecule has 0 fully saturated rings. The Kier molecular flexibility index (Phi) is 5.62. The molecule has 0 aliphatic carbocycles. The van der Waals surface area contributed by atoms with Gasteiger partial charge in [0, 0.05) is 6.54 Å². The van der Waals surface area contributed by atoms with Gasteiger partial charge in [-0.3, -0.25) is 4.79 Å². The second kappa shape index (κ2) is 6.24. The molecular formula is C7H15N3O3. The zero-order valence-electron chi connectivity index (χ0n) is 7.58. The number of urea groups is 1. The van der Waals surface area contributed by atoms with Gasteiger partial charge in [0.15, 0.2) is 0 Å². The molecule has 76 valence electrons. The summed E-state index contributed by atoms with van der Waals surface area (Å²) in [6, 6.07) is -1.20. The summed E-state index contributed by atoms with van der Waals surface area (Å²) >= 11 is 0. The fraction of sp³-hybridized carbons (Fsp3) is 0.714. The average molecular weight is 189 g/mol. The van der Waals surface area contributed by atoms with E-state index in [0.29, 0.717) is 19.4 Å². The number of hydrogen-bond acceptors (Lipinski definition) is 4. The van der Waals surface area contributed by atoms with E-state index in [1.165, 1.54) is 7.11 Å². The van der Waals surface area contributed by atoms with Crippen molar-refractivity contribution in [1.29, 1.82) is 0 Å². The van der Waals surface area contributed by atoms with Gasteiger partial charge < -0.3 is 21.5 Å². The molecule has 0 aromatic heterocycles. The smallest absolute Gasteiger partial charge is 0.322 e. The third-order valence-corrected chi connectivity index (χ3v) is 1.50. The van der Waals surface area contributed by atoms with E-state index >= 15 is 0 Å². The molecule has 0 bridgehead atoms. The standard InChI is InChI=1S/C7H15N3O3/c1-13-6(11)5(8)3-2-4-10-7(9)12/h5H,2-4,8H2,1H3,(H3,9,10,12). The van der Waals surface area contributed by atoms with Crippen molar-refractivity contribution in [1.82, 2.24) is 5.32 Å². The van der Waals surface area contributed by atoms with Crippen LogP contribution in [0.2, 0.25) is 0 Å². The number of carbonyl (C=O) groups is 2. The van der Waals surface area contributed by atoms with Crippen molar-refractivity contribution in [2.75, 3.05) is 13.7 Å². The van der Waals surface area contributed by atoms with Crippen LogP contribution in [0.3, 0.4) is 0 Å². The van der Waals surface area contributed by atoms with E-state index < -0.39 is 18.0 Å². The number of nitrogens with two attached hydrogens (primary N) is 2. The Morgan fingerprint density at radius 1 is 1.54 bits per heavy atom. The van der Waals surface area contributed by atoms with Crippen molar-refractivity contribution >= 4 is 12.0 Å². The molecule has 0 aliphatic heterocycles. The number of rotatable bonds is 5. The second-order valence-corrected chi connectivity index (χ2v) is 2.56. The van der Waals surface area contributed by atoms with Crippen LogP contribution in [0.5, 0.6) is 0 Å². The molecule has 0 aromatic rings. The fourth-order valence-electron chi connectivity index (χ4n) is 0.803. The molecule has 0 aliphatic rings. The van der Waals surface area contributed by atoms with E-state index in [1.807, 2.05) is 0 Å². The summed E-state index contributed by atoms with van der Waals surface area (Å²) in [4.78, 5) is 21.0. The van der Waals surface area contributed by atoms with Crippen LogP contribution in [-0.2, 0) is 9.53 Å². The first-order chi connectivity index (χ1) is 6.07. The fourth-order valence-corrected chi connectivity index (χ4v) is 0.803. The van der Waals surface area contributed by atoms with Gasteiger partial charge in [-0.15, -0.1) is 0 Å². The van der Waals surface area contributed by atoms with Crippen molar-refractivity contribution < 1.29 is 14.3 Å². The molecule has 6 nitrogen and oxygen atoms in total. The Labute approximate surface area is 76.6 Å². The molecule has 0 spiro atoms. The highest BCUT2D eigenvalue weighted by Crippen LogP contribution is 1.94. The van der Waals surface area contributed by atoms with Gasteiger partial charge in [-0.05, 0) is 12.8 Å². The van der Waals surface area contributed by atoms with Crippen molar-refractivity contribution in [3.8, 4) is 0 Å². The van der Waals surface area contributed by atoms with E-state index in [9.17, 15) is 9.59 Å². The predicted octanol–water partition coefficient (Wildman–Crippen LogP) is -1.06. The molecule has 1 unspecified atom stereocenters. The maximum absolute atomic E-state index is 10.8. The number of nitrogens with one attached hydrogen (secondary N) is 1. The molecule has 0 rings (SSSR count). The van der Waals surface area contributed by atoms with Gasteiger partial charge in [0.2, 0.25) is 0 Å². The molecule has 0 saturated carbocycles. The first-order valence-electron chi connectivity index (χ1n) is 3.94. The van der Waals surface area contributed by atoms with Crippen LogP contribution in [0.15, 0.2) is 0 Å². The third-order valence-electron chi connectivity index (χ3n) is 1.50. The molecule has 0 radical (unpaired) electrons. The number of hydrogen-bond donors (Lipinski definition) is 3. The van der Waals surface area contributed by atoms with Crippen LogP contribution in [0.25, 0.3) is 0 Å². The maximum atomic E-state index is 10.8. The third kappa shape index (κ3) is 5.92. The molecular weight excluding hydrogens is 174 g/mol. The molecule has 1 atom stereocenters. The summed E-state index contributed by atoms with van der Waals surface area (Å²) in [5.41, 5.74) is 10.2. The normalized spacial score (nSPS) is 11.8. The van der Waals surface area contributed by atoms with Crippen LogP contribution in [0, 0.1) is 0 Å². The van der Waals surface area contributed by atoms with Crippen molar-refractivity contribution in [2.45, 2.75) is 18.9 Å². The van der Waals surface area contributed by atoms with Gasteiger partial charge in [-0.2, -0.15) is 0 Å². The van der Waals surface area contributed by atoms with Gasteiger partial charge in [-0.25, -0.2) is 4.79 Å². The van der Waals surface area contributed by atoms with Gasteiger partial charge >= 0.3 is 12.0 Å². The Balaban J connectivity index is 3.42. The minimum absolute atomic E-state index is 0.417. The molecule has 0 aromatic carbocycles. The highest BCUT2D eigenvalue weighted by atomic mass is 16.5. The lowest BCUT2D eigenvalue weighted by Crippen LogP contribution is -2.34. The summed E-state index contributed by atoms with van der Waals surface area (Å²) in [7, 11) is 1.28. The predicted molar refractivity (Wildman–Crippen MR) is 46.8 cm³/mol. The number of carbonyl (C=O) groups excluding carboxylic acids is 2. The summed E-state index contributed by atoms with van der Waals surface area (Å²) in [6.07, 6.45) is 1.06. The zero-order chi connectivity index (χ0) is 10.3. The van der Waals surface area contributed by atoms with E-state index in [2.05, 4.69) is 10.1 Å². The first-order valence-corrected chi connectivity index (χ1v) is 3.94. The maximum Gasteiger partial charge on any atom is 0.322 e. The number of amides is 2. The second-order valence-electron chi connectivity index (χ2n) is 2.56. The van der Waals surface area contributed by atoms with Crippen molar-refractivity contribution in [3.63, 3.8) is 0 Å². The number of esters is 1. The zero-order valence-corrected chi connectivity index (χ0v) is 7.58. The first kappa shape index (κ1) is 11.7. The van der Waals surface area contributed by atoms with Gasteiger partial charge in [0.25, 0.3) is 0 Å². The van der Waals surface area contributed by atoms with Crippen molar-refractivity contribution in [2.24, 2.45) is 11.5 Å². The summed E-state index contributed by atoms with van der Waals surface area (Å²) in [5, 5.41) is 2.39. The lowest BCUT2D eigenvalue weighted by Gasteiger charge is -2.08. The summed E-state index contributed by atoms with van der Waals surface area (Å²) in [5.74, 6) is -0.445. The Bertz CT molecular complexity index is 184. The highest BCUT2D eigenvalue weighted by molar-refractivity contribution is 5.75. The van der Waals surface area contributed by atoms with Gasteiger partial charge in [0.05, 0.1) is 7.11 Å². The molecule has 2 amide bonds.